The van der Waals surface area contributed by atoms with Gasteiger partial charge in [-0.15, -0.1) is 0 Å². The zero-order valence-corrected chi connectivity index (χ0v) is 36.1. The Bertz CT molecular complexity index is 1470. The number of amides is 1. The average Bonchev–Trinajstić information content (AvgIpc) is 3.74. The van der Waals surface area contributed by atoms with Crippen LogP contribution in [0, 0.1) is 67.5 Å². The van der Waals surface area contributed by atoms with Crippen LogP contribution in [0.25, 0.3) is 0 Å². The third kappa shape index (κ3) is 6.72. The molecule has 7 aliphatic rings. The fraction of sp³-hybridized carbons (Fsp3) is 0.935. The molecule has 312 valence electrons. The molecule has 10 unspecified atom stereocenters. The van der Waals surface area contributed by atoms with Crippen LogP contribution in [-0.4, -0.2) is 98.5 Å². The Kier molecular flexibility index (Phi) is 11.0. The number of carboxylic acid groups (broad SMARTS) is 1. The molecular weight excluding hydrogens is 693 g/mol. The number of esters is 1. The van der Waals surface area contributed by atoms with Gasteiger partial charge in [0.2, 0.25) is 5.91 Å². The fourth-order valence-electron chi connectivity index (χ4n) is 15.1. The Balaban J connectivity index is 1.09. The highest BCUT2D eigenvalue weighted by molar-refractivity contribution is 5.84. The zero-order valence-electron chi connectivity index (χ0n) is 36.1. The first-order chi connectivity index (χ1) is 25.8. The third-order valence-corrected chi connectivity index (χ3v) is 18.8. The summed E-state index contributed by atoms with van der Waals surface area (Å²) in [7, 11) is 1.70. The number of methoxy groups -OCH3 is 1. The maximum Gasteiger partial charge on any atom is 0.309 e. The second kappa shape index (κ2) is 14.5. The number of carboxylic acids is 1. The van der Waals surface area contributed by atoms with Crippen LogP contribution in [0.3, 0.4) is 0 Å². The van der Waals surface area contributed by atoms with Gasteiger partial charge < -0.3 is 24.2 Å². The van der Waals surface area contributed by atoms with Crippen LogP contribution >= 0.6 is 0 Å². The molecule has 0 radical (unpaired) electrons. The Hall–Kier alpha value is -1.71. The van der Waals surface area contributed by atoms with Gasteiger partial charge in [-0.3, -0.25) is 19.3 Å². The molecule has 0 spiro atoms. The lowest BCUT2D eigenvalue weighted by Crippen LogP contribution is -2.68. The summed E-state index contributed by atoms with van der Waals surface area (Å²) in [5, 5.41) is 9.65. The molecule has 0 aromatic carbocycles. The van der Waals surface area contributed by atoms with Gasteiger partial charge in [0.1, 0.15) is 6.10 Å². The van der Waals surface area contributed by atoms with Crippen LogP contribution in [0.4, 0.5) is 0 Å². The number of carbonyl (C=O) groups is 3. The van der Waals surface area contributed by atoms with Crippen molar-refractivity contribution >= 4 is 17.8 Å². The third-order valence-electron chi connectivity index (χ3n) is 18.8. The van der Waals surface area contributed by atoms with Crippen molar-refractivity contribution in [3.63, 3.8) is 0 Å². The lowest BCUT2D eigenvalue weighted by Gasteiger charge is -2.73. The molecule has 9 heteroatoms. The first-order valence-electron chi connectivity index (χ1n) is 22.3. The second-order valence-corrected chi connectivity index (χ2v) is 22.1. The van der Waals surface area contributed by atoms with E-state index in [9.17, 15) is 14.7 Å². The lowest BCUT2D eigenvalue weighted by molar-refractivity contribution is -0.251. The number of fused-ring (bicyclic) bond motifs is 7. The van der Waals surface area contributed by atoms with Crippen molar-refractivity contribution in [2.24, 2.45) is 67.5 Å². The van der Waals surface area contributed by atoms with Gasteiger partial charge in [0.25, 0.3) is 0 Å². The van der Waals surface area contributed by atoms with Crippen LogP contribution in [0.15, 0.2) is 0 Å². The van der Waals surface area contributed by atoms with E-state index in [-0.39, 0.29) is 45.6 Å². The van der Waals surface area contributed by atoms with Crippen molar-refractivity contribution in [2.45, 2.75) is 145 Å². The predicted octanol–water partition coefficient (Wildman–Crippen LogP) is 8.09. The van der Waals surface area contributed by atoms with E-state index in [0.29, 0.717) is 60.7 Å². The maximum atomic E-state index is 15.2. The molecule has 6 saturated carbocycles. The molecule has 10 atom stereocenters. The van der Waals surface area contributed by atoms with Gasteiger partial charge in [-0.1, -0.05) is 41.5 Å². The molecule has 9 nitrogen and oxygen atoms in total. The molecule has 0 aromatic heterocycles. The molecule has 1 aliphatic heterocycles. The van der Waals surface area contributed by atoms with Crippen molar-refractivity contribution in [1.82, 2.24) is 9.80 Å². The monoisotopic (exact) mass is 769 g/mol. The molecule has 1 amide bonds. The molecule has 55 heavy (non-hydrogen) atoms. The lowest BCUT2D eigenvalue weighted by atomic mass is 9.32. The molecular formula is C46H76N2O7. The van der Waals surface area contributed by atoms with E-state index in [4.69, 9.17) is 14.2 Å². The standard InChI is InChI=1S/C46H76N2O7/c1-40(2,39(51)52)30-36(49)55-35-14-15-43(6)33(41(35,3)4)13-16-45(8)34(43)11-10-32-37-31(42(5)18-19-42)12-17-46(37,21-20-44(32,45)7)38(50)48-24-22-47(23-25-48)26-27-54-29-28-53-9/h31-35,37H,10-30H2,1-9H3,(H,51,52). The van der Waals surface area contributed by atoms with Crippen molar-refractivity contribution in [3.05, 3.63) is 0 Å². The quantitative estimate of drug-likeness (QED) is 0.157. The molecule has 0 aromatic rings. The fourth-order valence-corrected chi connectivity index (χ4v) is 15.1. The van der Waals surface area contributed by atoms with Gasteiger partial charge >= 0.3 is 11.9 Å². The van der Waals surface area contributed by atoms with Gasteiger partial charge in [-0.25, -0.2) is 0 Å². The SMILES string of the molecule is COCCOCCN1CCN(C(=O)C23CCC(C4(C)CC4)C2C2CCC4C5(C)CCC(OC(=O)CC(C)(C)C(=O)O)C(C)(C)C5CCC4(C)C2(C)CC3)CC1. The van der Waals surface area contributed by atoms with E-state index in [2.05, 4.69) is 51.3 Å². The van der Waals surface area contributed by atoms with Crippen LogP contribution < -0.4 is 0 Å². The largest absolute Gasteiger partial charge is 0.481 e. The number of ether oxygens (including phenoxy) is 3. The van der Waals surface area contributed by atoms with Crippen molar-refractivity contribution in [1.29, 1.82) is 0 Å². The molecule has 1 N–H and O–H groups in total. The molecule has 6 aliphatic carbocycles. The second-order valence-electron chi connectivity index (χ2n) is 22.1. The Morgan fingerprint density at radius 2 is 1.44 bits per heavy atom. The van der Waals surface area contributed by atoms with E-state index in [0.717, 1.165) is 71.2 Å². The summed E-state index contributed by atoms with van der Waals surface area (Å²) in [4.78, 5) is 44.8. The number of rotatable bonds is 12. The summed E-state index contributed by atoms with van der Waals surface area (Å²) in [6.07, 6.45) is 13.5. The number of piperazine rings is 1. The molecule has 1 saturated heterocycles. The van der Waals surface area contributed by atoms with Gasteiger partial charge in [-0.2, -0.15) is 0 Å². The van der Waals surface area contributed by atoms with Crippen LogP contribution in [0.1, 0.15) is 139 Å². The number of hydrogen-bond donors (Lipinski definition) is 1. The van der Waals surface area contributed by atoms with Crippen molar-refractivity contribution in [2.75, 3.05) is 59.7 Å². The highest BCUT2D eigenvalue weighted by atomic mass is 16.5. The predicted molar refractivity (Wildman–Crippen MR) is 213 cm³/mol. The van der Waals surface area contributed by atoms with Crippen molar-refractivity contribution < 1.29 is 33.7 Å². The Labute approximate surface area is 332 Å². The topological polar surface area (TPSA) is 106 Å². The van der Waals surface area contributed by atoms with Gasteiger partial charge in [0, 0.05) is 45.2 Å². The summed E-state index contributed by atoms with van der Waals surface area (Å²) < 4.78 is 17.1. The average molecular weight is 769 g/mol. The van der Waals surface area contributed by atoms with E-state index in [1.807, 2.05) is 0 Å². The Morgan fingerprint density at radius 3 is 2.09 bits per heavy atom. The summed E-state index contributed by atoms with van der Waals surface area (Å²) in [6.45, 7) is 24.7. The normalized spacial score (nSPS) is 42.0. The zero-order chi connectivity index (χ0) is 39.8. The highest BCUT2D eigenvalue weighted by Gasteiger charge is 2.73. The van der Waals surface area contributed by atoms with E-state index in [1.54, 1.807) is 21.0 Å². The Morgan fingerprint density at radius 1 is 0.727 bits per heavy atom. The molecule has 7 fully saturated rings. The molecule has 7 rings (SSSR count). The minimum absolute atomic E-state index is 0.107. The summed E-state index contributed by atoms with van der Waals surface area (Å²) in [5.74, 6) is 1.86. The van der Waals surface area contributed by atoms with Gasteiger partial charge in [0.05, 0.1) is 37.1 Å². The number of aliphatic carboxylic acids is 1. The first kappa shape index (κ1) is 41.4. The summed E-state index contributed by atoms with van der Waals surface area (Å²) in [5.41, 5.74) is -0.634. The summed E-state index contributed by atoms with van der Waals surface area (Å²) in [6, 6.07) is 0. The van der Waals surface area contributed by atoms with E-state index in [1.165, 1.54) is 38.5 Å². The highest BCUT2D eigenvalue weighted by Crippen LogP contribution is 2.79. The van der Waals surface area contributed by atoms with Gasteiger partial charge in [0.15, 0.2) is 0 Å². The van der Waals surface area contributed by atoms with Gasteiger partial charge in [-0.05, 0) is 142 Å². The smallest absolute Gasteiger partial charge is 0.309 e. The minimum atomic E-state index is -1.14. The van der Waals surface area contributed by atoms with Crippen LogP contribution in [0.5, 0.6) is 0 Å². The molecule has 1 heterocycles. The minimum Gasteiger partial charge on any atom is -0.481 e. The van der Waals surface area contributed by atoms with Crippen molar-refractivity contribution in [3.8, 4) is 0 Å². The van der Waals surface area contributed by atoms with E-state index >= 15 is 4.79 Å². The van der Waals surface area contributed by atoms with E-state index < -0.39 is 11.4 Å². The number of hydrogen-bond acceptors (Lipinski definition) is 7. The molecule has 0 bridgehead atoms. The number of nitrogens with zero attached hydrogens (tertiary/aromatic N) is 2. The van der Waals surface area contributed by atoms with Crippen LogP contribution in [0.2, 0.25) is 0 Å². The summed E-state index contributed by atoms with van der Waals surface area (Å²) >= 11 is 0. The number of carbonyl (C=O) groups excluding carboxylic acids is 2. The maximum absolute atomic E-state index is 15.2. The first-order valence-corrected chi connectivity index (χ1v) is 22.3. The van der Waals surface area contributed by atoms with Crippen LogP contribution in [-0.2, 0) is 28.6 Å².